The molecular formula is C29H30ClF3N2O4. The van der Waals surface area contributed by atoms with E-state index in [2.05, 4.69) is 16.9 Å². The first-order valence-corrected chi connectivity index (χ1v) is 13.1. The van der Waals surface area contributed by atoms with Crippen LogP contribution in [0.15, 0.2) is 66.7 Å². The lowest BCUT2D eigenvalue weighted by Gasteiger charge is -2.24. The minimum absolute atomic E-state index is 0.0643. The number of carbonyl (C=O) groups is 1. The van der Waals surface area contributed by atoms with Crippen molar-refractivity contribution >= 4 is 17.7 Å². The number of alkyl halides is 3. The van der Waals surface area contributed by atoms with Crippen molar-refractivity contribution in [3.8, 4) is 16.9 Å². The van der Waals surface area contributed by atoms with Crippen molar-refractivity contribution in [3.05, 3.63) is 88.4 Å². The number of rotatable bonds is 12. The topological polar surface area (TPSA) is 74.0 Å². The third kappa shape index (κ3) is 7.65. The van der Waals surface area contributed by atoms with Gasteiger partial charge in [-0.15, -0.1) is 13.2 Å². The second-order valence-electron chi connectivity index (χ2n) is 9.15. The molecule has 1 amide bonds. The first-order chi connectivity index (χ1) is 18.8. The number of ether oxygens (including phenoxy) is 3. The molecule has 0 saturated carbocycles. The molecule has 0 aliphatic heterocycles. The normalized spacial score (nSPS) is 12.6. The third-order valence-electron chi connectivity index (χ3n) is 6.44. The number of nitrogens with two attached hydrogens (primary N) is 1. The number of unbranched alkanes of at least 4 members (excludes halogenated alkanes) is 1. The first-order valence-electron chi connectivity index (χ1n) is 12.7. The van der Waals surface area contributed by atoms with E-state index in [0.717, 1.165) is 41.2 Å². The number of halogens is 4. The largest absolute Gasteiger partial charge is 0.573 e. The Morgan fingerprint density at radius 1 is 0.949 bits per heavy atom. The highest BCUT2D eigenvalue weighted by Crippen LogP contribution is 2.44. The number of fused-ring (bicyclic) bond motifs is 3. The SMILES string of the molecule is NCCCCOCCN(Cc1ccc(OC(F)(F)F)c(Cl)c1)C(=O)OCC1c2ccccc2-c2ccccc21. The molecule has 39 heavy (non-hydrogen) atoms. The molecular weight excluding hydrogens is 533 g/mol. The molecule has 10 heteroatoms. The second kappa shape index (κ2) is 13.2. The number of hydrogen-bond acceptors (Lipinski definition) is 5. The van der Waals surface area contributed by atoms with Crippen LogP contribution in [0.4, 0.5) is 18.0 Å². The van der Waals surface area contributed by atoms with Crippen LogP contribution in [0.3, 0.4) is 0 Å². The Balaban J connectivity index is 1.45. The van der Waals surface area contributed by atoms with Gasteiger partial charge in [-0.2, -0.15) is 0 Å². The van der Waals surface area contributed by atoms with Gasteiger partial charge in [0.05, 0.1) is 11.6 Å². The highest BCUT2D eigenvalue weighted by Gasteiger charge is 2.32. The monoisotopic (exact) mass is 562 g/mol. The molecule has 0 spiro atoms. The Morgan fingerprint density at radius 2 is 1.62 bits per heavy atom. The van der Waals surface area contributed by atoms with Crippen molar-refractivity contribution in [1.29, 1.82) is 0 Å². The Kier molecular flexibility index (Phi) is 9.72. The van der Waals surface area contributed by atoms with Crippen LogP contribution in [-0.2, 0) is 16.0 Å². The molecule has 0 unspecified atom stereocenters. The maximum Gasteiger partial charge on any atom is 0.573 e. The zero-order chi connectivity index (χ0) is 27.8. The van der Waals surface area contributed by atoms with E-state index in [1.165, 1.54) is 17.0 Å². The molecule has 3 aromatic rings. The van der Waals surface area contributed by atoms with Gasteiger partial charge in [0.2, 0.25) is 0 Å². The lowest BCUT2D eigenvalue weighted by molar-refractivity contribution is -0.274. The highest BCUT2D eigenvalue weighted by atomic mass is 35.5. The summed E-state index contributed by atoms with van der Waals surface area (Å²) in [5.41, 5.74) is 10.4. The van der Waals surface area contributed by atoms with E-state index in [1.807, 2.05) is 36.4 Å². The Morgan fingerprint density at radius 3 is 2.23 bits per heavy atom. The van der Waals surface area contributed by atoms with E-state index < -0.39 is 18.2 Å². The van der Waals surface area contributed by atoms with Crippen molar-refractivity contribution in [2.45, 2.75) is 31.7 Å². The smallest absolute Gasteiger partial charge is 0.448 e. The van der Waals surface area contributed by atoms with E-state index >= 15 is 0 Å². The maximum atomic E-state index is 13.3. The van der Waals surface area contributed by atoms with Gasteiger partial charge in [-0.25, -0.2) is 4.79 Å². The molecule has 0 saturated heterocycles. The van der Waals surface area contributed by atoms with Crippen LogP contribution in [0.1, 0.15) is 35.4 Å². The van der Waals surface area contributed by atoms with E-state index in [0.29, 0.717) is 18.7 Å². The molecule has 0 atom stereocenters. The summed E-state index contributed by atoms with van der Waals surface area (Å²) >= 11 is 6.02. The fourth-order valence-electron chi connectivity index (χ4n) is 4.62. The number of benzene rings is 3. The van der Waals surface area contributed by atoms with Gasteiger partial charge in [0.25, 0.3) is 0 Å². The first kappa shape index (κ1) is 28.7. The molecule has 4 rings (SSSR count). The van der Waals surface area contributed by atoms with Crippen molar-refractivity contribution in [1.82, 2.24) is 4.90 Å². The van der Waals surface area contributed by atoms with Gasteiger partial charge < -0.3 is 24.8 Å². The summed E-state index contributed by atoms with van der Waals surface area (Å²) in [6, 6.07) is 20.0. The van der Waals surface area contributed by atoms with Gasteiger partial charge in [0.15, 0.2) is 0 Å². The molecule has 1 aliphatic rings. The summed E-state index contributed by atoms with van der Waals surface area (Å²) in [5, 5.41) is -0.213. The third-order valence-corrected chi connectivity index (χ3v) is 6.73. The van der Waals surface area contributed by atoms with Crippen molar-refractivity contribution in [2.75, 3.05) is 32.9 Å². The summed E-state index contributed by atoms with van der Waals surface area (Å²) in [6.07, 6.45) is -3.78. The average molecular weight is 563 g/mol. The summed E-state index contributed by atoms with van der Waals surface area (Å²) in [7, 11) is 0. The highest BCUT2D eigenvalue weighted by molar-refractivity contribution is 6.32. The molecule has 0 fully saturated rings. The summed E-state index contributed by atoms with van der Waals surface area (Å²) in [4.78, 5) is 14.7. The van der Waals surface area contributed by atoms with Gasteiger partial charge in [-0.1, -0.05) is 66.2 Å². The fraction of sp³-hybridized carbons (Fsp3) is 0.345. The minimum Gasteiger partial charge on any atom is -0.448 e. The molecule has 0 aromatic heterocycles. The summed E-state index contributed by atoms with van der Waals surface area (Å²) in [5.74, 6) is -0.618. The van der Waals surface area contributed by atoms with Gasteiger partial charge in [0, 0.05) is 25.6 Å². The van der Waals surface area contributed by atoms with E-state index in [4.69, 9.17) is 26.8 Å². The van der Waals surface area contributed by atoms with E-state index in [-0.39, 0.29) is 37.2 Å². The maximum absolute atomic E-state index is 13.3. The van der Waals surface area contributed by atoms with Gasteiger partial charge >= 0.3 is 12.5 Å². The molecule has 3 aromatic carbocycles. The Labute approximate surface area is 230 Å². The molecule has 2 N–H and O–H groups in total. The van der Waals surface area contributed by atoms with E-state index in [1.54, 1.807) is 0 Å². The van der Waals surface area contributed by atoms with Crippen LogP contribution in [0.5, 0.6) is 5.75 Å². The van der Waals surface area contributed by atoms with Gasteiger partial charge in [-0.05, 0) is 59.3 Å². The van der Waals surface area contributed by atoms with E-state index in [9.17, 15) is 18.0 Å². The fourth-order valence-corrected chi connectivity index (χ4v) is 4.86. The Bertz CT molecular complexity index is 1230. The molecule has 0 radical (unpaired) electrons. The predicted molar refractivity (Wildman–Crippen MR) is 143 cm³/mol. The number of carbonyl (C=O) groups excluding carboxylic acids is 1. The van der Waals surface area contributed by atoms with Crippen LogP contribution in [-0.4, -0.2) is 50.3 Å². The number of hydrogen-bond donors (Lipinski definition) is 1. The second-order valence-corrected chi connectivity index (χ2v) is 9.55. The van der Waals surface area contributed by atoms with Crippen molar-refractivity contribution < 1.29 is 32.2 Å². The lowest BCUT2D eigenvalue weighted by Crippen LogP contribution is -2.35. The Hall–Kier alpha value is -3.27. The molecule has 1 aliphatic carbocycles. The number of nitrogens with zero attached hydrogens (tertiary/aromatic N) is 1. The van der Waals surface area contributed by atoms with Gasteiger partial charge in [-0.3, -0.25) is 0 Å². The summed E-state index contributed by atoms with van der Waals surface area (Å²) < 4.78 is 53.2. The quantitative estimate of drug-likeness (QED) is 0.247. The van der Waals surface area contributed by atoms with Gasteiger partial charge in [0.1, 0.15) is 12.4 Å². The lowest BCUT2D eigenvalue weighted by atomic mass is 9.98. The van der Waals surface area contributed by atoms with Crippen LogP contribution >= 0.6 is 11.6 Å². The standard InChI is InChI=1S/C29H30ClF3N2O4/c30-26-17-20(11-12-27(26)39-29(31,32)33)18-35(14-16-37-15-6-5-13-34)28(36)38-19-25-23-9-3-1-7-21(23)22-8-2-4-10-24(22)25/h1-4,7-12,17,25H,5-6,13-16,18-19,34H2. The average Bonchev–Trinajstić information content (AvgIpc) is 3.23. The van der Waals surface area contributed by atoms with Crippen LogP contribution in [0.25, 0.3) is 11.1 Å². The predicted octanol–water partition coefficient (Wildman–Crippen LogP) is 6.75. The molecule has 0 heterocycles. The molecule has 0 bridgehead atoms. The van der Waals surface area contributed by atoms with Crippen molar-refractivity contribution in [3.63, 3.8) is 0 Å². The van der Waals surface area contributed by atoms with Crippen molar-refractivity contribution in [2.24, 2.45) is 5.73 Å². The molecule has 6 nitrogen and oxygen atoms in total. The molecule has 208 valence electrons. The van der Waals surface area contributed by atoms with Crippen LogP contribution in [0, 0.1) is 0 Å². The van der Waals surface area contributed by atoms with Crippen LogP contribution in [0.2, 0.25) is 5.02 Å². The zero-order valence-corrected chi connectivity index (χ0v) is 22.0. The minimum atomic E-state index is -4.86. The van der Waals surface area contributed by atoms with Crippen LogP contribution < -0.4 is 10.5 Å². The zero-order valence-electron chi connectivity index (χ0n) is 21.3. The number of amides is 1. The summed E-state index contributed by atoms with van der Waals surface area (Å²) in [6.45, 7) is 1.76.